The van der Waals surface area contributed by atoms with Crippen molar-refractivity contribution in [2.24, 2.45) is 0 Å². The summed E-state index contributed by atoms with van der Waals surface area (Å²) in [5.74, 6) is 0. The Bertz CT molecular complexity index is 449. The highest BCUT2D eigenvalue weighted by atomic mass is 79.9. The number of benzene rings is 1. The quantitative estimate of drug-likeness (QED) is 0.612. The first-order valence-corrected chi connectivity index (χ1v) is 6.96. The van der Waals surface area contributed by atoms with Gasteiger partial charge in [-0.15, -0.1) is 0 Å². The highest BCUT2D eigenvalue weighted by Crippen LogP contribution is 2.36. The molecule has 0 aliphatic heterocycles. The Balaban J connectivity index is 2.72. The second-order valence-corrected chi connectivity index (χ2v) is 5.19. The predicted molar refractivity (Wildman–Crippen MR) is 78.3 cm³/mol. The van der Waals surface area contributed by atoms with Crippen molar-refractivity contribution in [2.45, 2.75) is 25.9 Å². The molecule has 0 aromatic heterocycles. The molecular weight excluding hydrogens is 341 g/mol. The zero-order chi connectivity index (χ0) is 14.5. The summed E-state index contributed by atoms with van der Waals surface area (Å²) < 4.78 is 38.1. The van der Waals surface area contributed by atoms with Crippen LogP contribution in [0.3, 0.4) is 0 Å². The molecule has 0 radical (unpaired) electrons. The third kappa shape index (κ3) is 5.36. The first-order valence-electron chi connectivity index (χ1n) is 5.76. The van der Waals surface area contributed by atoms with Gasteiger partial charge < -0.3 is 10.6 Å². The molecule has 1 aromatic carbocycles. The Morgan fingerprint density at radius 2 is 2.05 bits per heavy atom. The summed E-state index contributed by atoms with van der Waals surface area (Å²) in [5, 5.41) is 6.00. The summed E-state index contributed by atoms with van der Waals surface area (Å²) in [6.07, 6.45) is -2.42. The fourth-order valence-electron chi connectivity index (χ4n) is 1.37. The van der Waals surface area contributed by atoms with Crippen molar-refractivity contribution in [1.29, 1.82) is 0 Å². The van der Waals surface area contributed by atoms with E-state index in [0.29, 0.717) is 17.3 Å². The lowest BCUT2D eigenvalue weighted by Crippen LogP contribution is -2.29. The topological polar surface area (TPSA) is 24.1 Å². The fourth-order valence-corrected chi connectivity index (χ4v) is 2.07. The molecule has 0 saturated heterocycles. The van der Waals surface area contributed by atoms with Gasteiger partial charge in [0.25, 0.3) is 0 Å². The largest absolute Gasteiger partial charge is 0.417 e. The third-order valence-electron chi connectivity index (χ3n) is 2.35. The maximum atomic E-state index is 12.7. The van der Waals surface area contributed by atoms with Crippen LogP contribution in [0.15, 0.2) is 22.7 Å². The fraction of sp³-hybridized carbons (Fsp3) is 0.417. The number of halogens is 4. The van der Waals surface area contributed by atoms with Gasteiger partial charge in [0.15, 0.2) is 5.11 Å². The number of hydrogen-bond donors (Lipinski definition) is 2. The van der Waals surface area contributed by atoms with Gasteiger partial charge >= 0.3 is 6.18 Å². The smallest absolute Gasteiger partial charge is 0.362 e. The minimum Gasteiger partial charge on any atom is -0.362 e. The second-order valence-electron chi connectivity index (χ2n) is 3.93. The first-order chi connectivity index (χ1) is 8.84. The Labute approximate surface area is 123 Å². The summed E-state index contributed by atoms with van der Waals surface area (Å²) in [6, 6.07) is 3.91. The first kappa shape index (κ1) is 16.2. The Morgan fingerprint density at radius 3 is 2.63 bits per heavy atom. The van der Waals surface area contributed by atoms with Crippen LogP contribution < -0.4 is 10.6 Å². The van der Waals surface area contributed by atoms with Gasteiger partial charge in [-0.25, -0.2) is 0 Å². The predicted octanol–water partition coefficient (Wildman–Crippen LogP) is 4.55. The van der Waals surface area contributed by atoms with Gasteiger partial charge in [0, 0.05) is 16.7 Å². The van der Waals surface area contributed by atoms with Crippen molar-refractivity contribution in [1.82, 2.24) is 5.32 Å². The van der Waals surface area contributed by atoms with Crippen molar-refractivity contribution >= 4 is 38.9 Å². The Kier molecular flexibility index (Phi) is 6.06. The molecule has 0 aliphatic rings. The van der Waals surface area contributed by atoms with E-state index < -0.39 is 11.7 Å². The summed E-state index contributed by atoms with van der Waals surface area (Å²) in [7, 11) is 0. The van der Waals surface area contributed by atoms with Gasteiger partial charge in [0.1, 0.15) is 0 Å². The van der Waals surface area contributed by atoms with Crippen molar-refractivity contribution in [3.05, 3.63) is 28.2 Å². The molecule has 0 aliphatic carbocycles. The molecule has 0 bridgehead atoms. The minimum absolute atomic E-state index is 0.00964. The van der Waals surface area contributed by atoms with Crippen LogP contribution in [0, 0.1) is 0 Å². The number of thiocarbonyl (C=S) groups is 1. The molecule has 106 valence electrons. The monoisotopic (exact) mass is 354 g/mol. The average Bonchev–Trinajstić information content (AvgIpc) is 2.30. The molecule has 0 amide bonds. The van der Waals surface area contributed by atoms with Gasteiger partial charge in [-0.1, -0.05) is 29.3 Å². The summed E-state index contributed by atoms with van der Waals surface area (Å²) >= 11 is 7.89. The van der Waals surface area contributed by atoms with Crippen LogP contribution >= 0.6 is 28.1 Å². The average molecular weight is 355 g/mol. The maximum Gasteiger partial charge on any atom is 0.417 e. The van der Waals surface area contributed by atoms with E-state index in [1.807, 2.05) is 6.92 Å². The summed E-state index contributed by atoms with van der Waals surface area (Å²) in [6.45, 7) is 2.74. The van der Waals surface area contributed by atoms with E-state index in [-0.39, 0.29) is 4.47 Å². The molecular formula is C12H14BrF3N2S. The highest BCUT2D eigenvalue weighted by molar-refractivity contribution is 9.10. The summed E-state index contributed by atoms with van der Waals surface area (Å²) in [5.41, 5.74) is -0.418. The van der Waals surface area contributed by atoms with Crippen LogP contribution in [-0.4, -0.2) is 11.7 Å². The number of nitrogens with one attached hydrogen (secondary N) is 2. The van der Waals surface area contributed by atoms with Gasteiger partial charge in [-0.3, -0.25) is 0 Å². The molecule has 0 heterocycles. The van der Waals surface area contributed by atoms with Gasteiger partial charge in [0.2, 0.25) is 0 Å². The molecule has 0 unspecified atom stereocenters. The molecule has 2 N–H and O–H groups in total. The van der Waals surface area contributed by atoms with E-state index in [4.69, 9.17) is 12.2 Å². The van der Waals surface area contributed by atoms with Crippen molar-refractivity contribution in [2.75, 3.05) is 11.9 Å². The van der Waals surface area contributed by atoms with Crippen LogP contribution in [0.25, 0.3) is 0 Å². The van der Waals surface area contributed by atoms with E-state index in [9.17, 15) is 13.2 Å². The lowest BCUT2D eigenvalue weighted by Gasteiger charge is -2.13. The van der Waals surface area contributed by atoms with Crippen LogP contribution in [0.4, 0.5) is 18.9 Å². The number of rotatable bonds is 4. The Hall–Kier alpha value is -0.820. The molecule has 7 heteroatoms. The normalized spacial score (nSPS) is 11.2. The zero-order valence-corrected chi connectivity index (χ0v) is 12.7. The number of anilines is 1. The molecule has 19 heavy (non-hydrogen) atoms. The van der Waals surface area contributed by atoms with Gasteiger partial charge in [0.05, 0.1) is 5.56 Å². The summed E-state index contributed by atoms with van der Waals surface area (Å²) in [4.78, 5) is 0. The van der Waals surface area contributed by atoms with Crippen LogP contribution in [0.1, 0.15) is 25.3 Å². The molecule has 0 spiro atoms. The van der Waals surface area contributed by atoms with Gasteiger partial charge in [-0.2, -0.15) is 13.2 Å². The van der Waals surface area contributed by atoms with Crippen LogP contribution in [0.5, 0.6) is 0 Å². The minimum atomic E-state index is -4.40. The molecule has 0 fully saturated rings. The molecule has 1 rings (SSSR count). The van der Waals surface area contributed by atoms with E-state index in [2.05, 4.69) is 26.6 Å². The SMILES string of the molecule is CCCCNC(=S)Nc1ccc(Br)c(C(F)(F)F)c1. The van der Waals surface area contributed by atoms with Crippen molar-refractivity contribution in [3.63, 3.8) is 0 Å². The van der Waals surface area contributed by atoms with E-state index in [0.717, 1.165) is 18.9 Å². The molecule has 0 saturated carbocycles. The standard InChI is InChI=1S/C12H14BrF3N2S/c1-2-3-6-17-11(19)18-8-4-5-10(13)9(7-8)12(14,15)16/h4-5,7H,2-3,6H2,1H3,(H2,17,18,19). The molecule has 2 nitrogen and oxygen atoms in total. The highest BCUT2D eigenvalue weighted by Gasteiger charge is 2.33. The Morgan fingerprint density at radius 1 is 1.37 bits per heavy atom. The molecule has 1 aromatic rings. The molecule has 0 atom stereocenters. The van der Waals surface area contributed by atoms with Crippen LogP contribution in [-0.2, 0) is 6.18 Å². The lowest BCUT2D eigenvalue weighted by molar-refractivity contribution is -0.138. The third-order valence-corrected chi connectivity index (χ3v) is 3.28. The van der Waals surface area contributed by atoms with E-state index in [1.165, 1.54) is 12.1 Å². The second kappa shape index (κ2) is 7.09. The van der Waals surface area contributed by atoms with Gasteiger partial charge in [-0.05, 0) is 36.8 Å². The van der Waals surface area contributed by atoms with E-state index in [1.54, 1.807) is 0 Å². The number of alkyl halides is 3. The van der Waals surface area contributed by atoms with Crippen molar-refractivity contribution in [3.8, 4) is 0 Å². The number of unbranched alkanes of at least 4 members (excludes halogenated alkanes) is 1. The number of hydrogen-bond acceptors (Lipinski definition) is 1. The van der Waals surface area contributed by atoms with E-state index >= 15 is 0 Å². The maximum absolute atomic E-state index is 12.7. The lowest BCUT2D eigenvalue weighted by atomic mass is 10.2. The van der Waals surface area contributed by atoms with Crippen molar-refractivity contribution < 1.29 is 13.2 Å². The van der Waals surface area contributed by atoms with Crippen LogP contribution in [0.2, 0.25) is 0 Å². The zero-order valence-electron chi connectivity index (χ0n) is 10.3.